The number of halogens is 1. The molecule has 13 heteroatoms. The SMILES string of the molecule is CNS(=O)(=O)/C=C1\C=CC=C(Nc2nc(NC3=CC=C/C(=C\S(N)(=O)=O)C3)ncc2F)C1. The number of hydrogen-bond donors (Lipinski definition) is 4. The van der Waals surface area contributed by atoms with E-state index in [0.29, 0.717) is 22.5 Å². The summed E-state index contributed by atoms with van der Waals surface area (Å²) < 4.78 is 62.4. The minimum atomic E-state index is -3.78. The molecule has 0 saturated carbocycles. The predicted octanol–water partition coefficient (Wildman–Crippen LogP) is 1.73. The van der Waals surface area contributed by atoms with Gasteiger partial charge in [-0.2, -0.15) is 4.98 Å². The van der Waals surface area contributed by atoms with E-state index >= 15 is 0 Å². The van der Waals surface area contributed by atoms with E-state index in [1.54, 1.807) is 36.5 Å². The van der Waals surface area contributed by atoms with Crippen LogP contribution in [0.15, 0.2) is 76.0 Å². The van der Waals surface area contributed by atoms with E-state index in [1.165, 1.54) is 7.05 Å². The number of nitrogens with zero attached hydrogens (tertiary/aromatic N) is 2. The maximum atomic E-state index is 14.3. The minimum Gasteiger partial charge on any atom is -0.341 e. The van der Waals surface area contributed by atoms with Crippen LogP contribution in [0.4, 0.5) is 16.2 Å². The molecule has 10 nitrogen and oxygen atoms in total. The largest absolute Gasteiger partial charge is 0.341 e. The summed E-state index contributed by atoms with van der Waals surface area (Å²) in [6.07, 6.45) is 11.3. The van der Waals surface area contributed by atoms with Gasteiger partial charge in [0.25, 0.3) is 0 Å². The zero-order valence-electron chi connectivity index (χ0n) is 16.9. The van der Waals surface area contributed by atoms with Gasteiger partial charge in [0.15, 0.2) is 11.6 Å². The second kappa shape index (κ2) is 9.56. The van der Waals surface area contributed by atoms with Crippen molar-refractivity contribution in [1.82, 2.24) is 14.7 Å². The van der Waals surface area contributed by atoms with E-state index in [9.17, 15) is 21.2 Å². The molecular formula is C19H21FN6O4S2. The van der Waals surface area contributed by atoms with Crippen molar-refractivity contribution < 1.29 is 21.2 Å². The number of anilines is 2. The first-order chi connectivity index (χ1) is 15.0. The van der Waals surface area contributed by atoms with Gasteiger partial charge in [-0.05, 0) is 30.3 Å². The van der Waals surface area contributed by atoms with Crippen LogP contribution in [0.5, 0.6) is 0 Å². The van der Waals surface area contributed by atoms with Gasteiger partial charge in [-0.25, -0.2) is 36.1 Å². The van der Waals surface area contributed by atoms with Crippen LogP contribution < -0.4 is 20.5 Å². The third-order valence-corrected chi connectivity index (χ3v) is 6.02. The summed E-state index contributed by atoms with van der Waals surface area (Å²) >= 11 is 0. The van der Waals surface area contributed by atoms with E-state index < -0.39 is 25.9 Å². The number of sulfonamides is 2. The number of allylic oxidation sites excluding steroid dienone is 8. The van der Waals surface area contributed by atoms with Gasteiger partial charge in [0.1, 0.15) is 0 Å². The molecule has 1 aromatic heterocycles. The van der Waals surface area contributed by atoms with Gasteiger partial charge >= 0.3 is 0 Å². The topological polar surface area (TPSA) is 156 Å². The van der Waals surface area contributed by atoms with Gasteiger partial charge < -0.3 is 10.6 Å². The summed E-state index contributed by atoms with van der Waals surface area (Å²) in [6, 6.07) is 0. The summed E-state index contributed by atoms with van der Waals surface area (Å²) in [5.74, 6) is -0.718. The molecule has 0 bridgehead atoms. The van der Waals surface area contributed by atoms with Crippen LogP contribution in [-0.2, 0) is 20.0 Å². The minimum absolute atomic E-state index is 0.0888. The Balaban J connectivity index is 1.74. The number of hydrogen-bond acceptors (Lipinski definition) is 8. The second-order valence-corrected chi connectivity index (χ2v) is 9.97. The van der Waals surface area contributed by atoms with Crippen molar-refractivity contribution in [2.45, 2.75) is 12.8 Å². The Morgan fingerprint density at radius 3 is 2.19 bits per heavy atom. The van der Waals surface area contributed by atoms with Crippen molar-refractivity contribution in [2.24, 2.45) is 5.14 Å². The van der Waals surface area contributed by atoms with Crippen LogP contribution in [0.1, 0.15) is 12.8 Å². The zero-order chi connectivity index (χ0) is 23.4. The lowest BCUT2D eigenvalue weighted by Crippen LogP contribution is -2.16. The molecule has 0 aromatic carbocycles. The number of nitrogens with one attached hydrogen (secondary N) is 3. The van der Waals surface area contributed by atoms with Crippen LogP contribution in [0.25, 0.3) is 0 Å². The average Bonchev–Trinajstić information content (AvgIpc) is 2.69. The lowest BCUT2D eigenvalue weighted by molar-refractivity contribution is 0.596. The number of nitrogens with two attached hydrogens (primary N) is 1. The van der Waals surface area contributed by atoms with Crippen molar-refractivity contribution >= 4 is 31.8 Å². The predicted molar refractivity (Wildman–Crippen MR) is 120 cm³/mol. The fraction of sp³-hybridized carbons (Fsp3) is 0.158. The molecule has 0 unspecified atom stereocenters. The molecule has 3 rings (SSSR count). The molecule has 0 spiro atoms. The Morgan fingerprint density at radius 2 is 1.59 bits per heavy atom. The molecule has 0 saturated heterocycles. The fourth-order valence-electron chi connectivity index (χ4n) is 2.86. The maximum absolute atomic E-state index is 14.3. The lowest BCUT2D eigenvalue weighted by atomic mass is 10.1. The third kappa shape index (κ3) is 6.95. The molecule has 170 valence electrons. The quantitative estimate of drug-likeness (QED) is 0.460. The zero-order valence-corrected chi connectivity index (χ0v) is 18.5. The van der Waals surface area contributed by atoms with Crippen molar-refractivity contribution in [3.8, 4) is 0 Å². The van der Waals surface area contributed by atoms with Crippen molar-refractivity contribution in [2.75, 3.05) is 17.7 Å². The summed E-state index contributed by atoms with van der Waals surface area (Å²) in [4.78, 5) is 8.03. The second-order valence-electron chi connectivity index (χ2n) is 6.82. The Labute approximate surface area is 185 Å². The molecule has 2 aliphatic rings. The van der Waals surface area contributed by atoms with Crippen molar-refractivity contribution in [3.05, 3.63) is 81.8 Å². The summed E-state index contributed by atoms with van der Waals surface area (Å²) in [5.41, 5.74) is 2.09. The van der Waals surface area contributed by atoms with Crippen molar-refractivity contribution in [1.29, 1.82) is 0 Å². The molecule has 1 heterocycles. The van der Waals surface area contributed by atoms with E-state index in [2.05, 4.69) is 25.3 Å². The van der Waals surface area contributed by atoms with Gasteiger partial charge in [0.2, 0.25) is 26.0 Å². The van der Waals surface area contributed by atoms with Crippen molar-refractivity contribution in [3.63, 3.8) is 0 Å². The molecule has 0 radical (unpaired) electrons. The highest BCUT2D eigenvalue weighted by Gasteiger charge is 2.14. The van der Waals surface area contributed by atoms with Gasteiger partial charge in [0.05, 0.1) is 6.20 Å². The molecule has 2 aliphatic carbocycles. The molecular weight excluding hydrogens is 459 g/mol. The molecule has 32 heavy (non-hydrogen) atoms. The highest BCUT2D eigenvalue weighted by atomic mass is 32.2. The summed E-state index contributed by atoms with van der Waals surface area (Å²) in [5, 5.41) is 12.9. The number of primary sulfonamides is 1. The van der Waals surface area contributed by atoms with E-state index in [0.717, 1.165) is 17.0 Å². The molecule has 0 aliphatic heterocycles. The van der Waals surface area contributed by atoms with E-state index in [4.69, 9.17) is 5.14 Å². The molecule has 1 aromatic rings. The molecule has 0 fully saturated rings. The van der Waals surface area contributed by atoms with E-state index in [1.807, 2.05) is 0 Å². The Morgan fingerprint density at radius 1 is 1.00 bits per heavy atom. The maximum Gasteiger partial charge on any atom is 0.233 e. The monoisotopic (exact) mass is 480 g/mol. The first-order valence-electron chi connectivity index (χ1n) is 9.21. The van der Waals surface area contributed by atoms with Crippen LogP contribution in [0.2, 0.25) is 0 Å². The van der Waals surface area contributed by atoms with E-state index in [-0.39, 0.29) is 24.6 Å². The molecule has 0 amide bonds. The van der Waals surface area contributed by atoms with Crippen LogP contribution in [0.3, 0.4) is 0 Å². The Hall–Kier alpha value is -3.13. The van der Waals surface area contributed by atoms with Gasteiger partial charge in [-0.3, -0.25) is 0 Å². The first-order valence-corrected chi connectivity index (χ1v) is 12.4. The standard InChI is InChI=1S/C19H21FN6O4S2/c1-22-32(29,30)12-14-5-3-6-15(9-14)24-18-17(20)10-23-19(26-18)25-16-7-2-4-13(8-16)11-31(21,27)28/h2-7,10-12,22H,8-9H2,1H3,(H2,21,27,28)(H2,23,24,25,26)/b13-11+,14-12+. The number of aromatic nitrogens is 2. The van der Waals surface area contributed by atoms with Gasteiger partial charge in [-0.15, -0.1) is 0 Å². The van der Waals surface area contributed by atoms with Crippen LogP contribution in [0, 0.1) is 5.82 Å². The van der Waals surface area contributed by atoms with Crippen LogP contribution >= 0.6 is 0 Å². The third-order valence-electron chi connectivity index (χ3n) is 4.21. The Bertz CT molecular complexity index is 1310. The summed E-state index contributed by atoms with van der Waals surface area (Å²) in [7, 11) is -6.03. The smallest absolute Gasteiger partial charge is 0.233 e. The number of rotatable bonds is 7. The highest BCUT2D eigenvalue weighted by Crippen LogP contribution is 2.24. The Kier molecular flexibility index (Phi) is 7.03. The van der Waals surface area contributed by atoms with Gasteiger partial charge in [-0.1, -0.05) is 24.3 Å². The van der Waals surface area contributed by atoms with Gasteiger partial charge in [0, 0.05) is 35.1 Å². The fourth-order valence-corrected chi connectivity index (χ4v) is 4.13. The van der Waals surface area contributed by atoms with Crippen LogP contribution in [-0.4, -0.2) is 33.9 Å². The highest BCUT2D eigenvalue weighted by molar-refractivity contribution is 7.92. The molecule has 5 N–H and O–H groups in total. The average molecular weight is 481 g/mol. The lowest BCUT2D eigenvalue weighted by Gasteiger charge is -2.16. The first kappa shape index (κ1) is 23.5. The normalized spacial score (nSPS) is 19.1. The summed E-state index contributed by atoms with van der Waals surface area (Å²) in [6.45, 7) is 0. The molecule has 0 atom stereocenters.